The summed E-state index contributed by atoms with van der Waals surface area (Å²) in [5.74, 6) is 0. The van der Waals surface area contributed by atoms with Gasteiger partial charge in [0.05, 0.1) is 5.69 Å². The maximum absolute atomic E-state index is 5.93. The van der Waals surface area contributed by atoms with E-state index < -0.39 is 0 Å². The lowest BCUT2D eigenvalue weighted by atomic mass is 10.2. The predicted molar refractivity (Wildman–Crippen MR) is 87.4 cm³/mol. The van der Waals surface area contributed by atoms with Gasteiger partial charge in [-0.1, -0.05) is 29.8 Å². The molecule has 0 spiro atoms. The van der Waals surface area contributed by atoms with Gasteiger partial charge in [-0.3, -0.25) is 4.90 Å². The van der Waals surface area contributed by atoms with Gasteiger partial charge in [-0.2, -0.15) is 0 Å². The number of nitrogens with zero attached hydrogens (tertiary/aromatic N) is 2. The van der Waals surface area contributed by atoms with Crippen LogP contribution >= 0.6 is 23.7 Å². The highest BCUT2D eigenvalue weighted by Gasteiger charge is 2.19. The van der Waals surface area contributed by atoms with Crippen LogP contribution in [0.25, 0.3) is 10.6 Å². The minimum absolute atomic E-state index is 0. The van der Waals surface area contributed by atoms with Crippen LogP contribution in [0.5, 0.6) is 0 Å². The van der Waals surface area contributed by atoms with Gasteiger partial charge >= 0.3 is 0 Å². The highest BCUT2D eigenvalue weighted by molar-refractivity contribution is 7.13. The van der Waals surface area contributed by atoms with Crippen molar-refractivity contribution < 1.29 is 0 Å². The molecule has 1 aromatic carbocycles. The summed E-state index contributed by atoms with van der Waals surface area (Å²) in [5.41, 5.74) is 9.58. The lowest BCUT2D eigenvalue weighted by molar-refractivity contribution is 0.323. The average molecular weight is 310 g/mol. The fourth-order valence-electron chi connectivity index (χ4n) is 2.44. The molecule has 0 unspecified atom stereocenters. The quantitative estimate of drug-likeness (QED) is 0.947. The van der Waals surface area contributed by atoms with Crippen LogP contribution in [0, 0.1) is 6.92 Å². The zero-order chi connectivity index (χ0) is 13.2. The third-order valence-corrected chi connectivity index (χ3v) is 4.48. The molecule has 1 fully saturated rings. The topological polar surface area (TPSA) is 42.2 Å². The summed E-state index contributed by atoms with van der Waals surface area (Å²) in [6.45, 7) is 5.12. The molecule has 5 heteroatoms. The van der Waals surface area contributed by atoms with Gasteiger partial charge in [0.15, 0.2) is 0 Å². The fraction of sp³-hybridized carbons (Fsp3) is 0.400. The number of aryl methyl sites for hydroxylation is 1. The van der Waals surface area contributed by atoms with Crippen molar-refractivity contribution >= 4 is 23.7 Å². The molecule has 2 aromatic rings. The smallest absolute Gasteiger partial charge is 0.123 e. The lowest BCUT2D eigenvalue weighted by Gasteiger charge is -2.12. The molecule has 0 aliphatic carbocycles. The maximum atomic E-state index is 5.93. The van der Waals surface area contributed by atoms with E-state index in [9.17, 15) is 0 Å². The summed E-state index contributed by atoms with van der Waals surface area (Å²) in [6.07, 6.45) is 1.11. The molecule has 2 N–H and O–H groups in total. The normalized spacial score (nSPS) is 19.0. The number of rotatable bonds is 3. The van der Waals surface area contributed by atoms with Gasteiger partial charge in [-0.25, -0.2) is 4.98 Å². The molecular formula is C15H20ClN3S. The fourth-order valence-corrected chi connectivity index (χ4v) is 3.26. The number of hydrogen-bond acceptors (Lipinski definition) is 4. The molecule has 2 heterocycles. The van der Waals surface area contributed by atoms with Crippen molar-refractivity contribution in [2.24, 2.45) is 5.73 Å². The van der Waals surface area contributed by atoms with Crippen molar-refractivity contribution in [1.29, 1.82) is 0 Å². The summed E-state index contributed by atoms with van der Waals surface area (Å²) in [4.78, 5) is 7.12. The number of likely N-dealkylation sites (tertiary alicyclic amines) is 1. The largest absolute Gasteiger partial charge is 0.326 e. The third kappa shape index (κ3) is 3.58. The molecule has 1 aliphatic rings. The first-order chi connectivity index (χ1) is 9.20. The molecule has 1 aliphatic heterocycles. The van der Waals surface area contributed by atoms with E-state index in [4.69, 9.17) is 10.7 Å². The van der Waals surface area contributed by atoms with E-state index >= 15 is 0 Å². The van der Waals surface area contributed by atoms with Crippen LogP contribution in [0.3, 0.4) is 0 Å². The first-order valence-electron chi connectivity index (χ1n) is 6.70. The van der Waals surface area contributed by atoms with Crippen LogP contribution in [0.1, 0.15) is 17.7 Å². The Morgan fingerprint density at radius 2 is 2.10 bits per heavy atom. The Labute approximate surface area is 130 Å². The number of benzene rings is 1. The van der Waals surface area contributed by atoms with Crippen molar-refractivity contribution in [3.8, 4) is 10.6 Å². The molecular weight excluding hydrogens is 290 g/mol. The molecule has 1 aromatic heterocycles. The van der Waals surface area contributed by atoms with Gasteiger partial charge in [0, 0.05) is 36.6 Å². The second-order valence-corrected chi connectivity index (χ2v) is 6.15. The van der Waals surface area contributed by atoms with E-state index in [1.165, 1.54) is 11.1 Å². The summed E-state index contributed by atoms with van der Waals surface area (Å²) < 4.78 is 0. The van der Waals surface area contributed by atoms with E-state index in [1.807, 2.05) is 0 Å². The van der Waals surface area contributed by atoms with Crippen molar-refractivity contribution in [3.63, 3.8) is 0 Å². The molecule has 20 heavy (non-hydrogen) atoms. The minimum Gasteiger partial charge on any atom is -0.326 e. The maximum Gasteiger partial charge on any atom is 0.123 e. The number of halogens is 1. The van der Waals surface area contributed by atoms with E-state index in [1.54, 1.807) is 11.3 Å². The molecule has 3 rings (SSSR count). The third-order valence-electron chi connectivity index (χ3n) is 3.54. The Kier molecular flexibility index (Phi) is 5.16. The van der Waals surface area contributed by atoms with E-state index in [0.717, 1.165) is 36.8 Å². The number of aromatic nitrogens is 1. The van der Waals surface area contributed by atoms with Gasteiger partial charge in [0.2, 0.25) is 0 Å². The van der Waals surface area contributed by atoms with Gasteiger partial charge in [0.1, 0.15) is 5.01 Å². The zero-order valence-electron chi connectivity index (χ0n) is 11.6. The van der Waals surface area contributed by atoms with Crippen LogP contribution in [0.2, 0.25) is 0 Å². The van der Waals surface area contributed by atoms with Crippen LogP contribution < -0.4 is 5.73 Å². The van der Waals surface area contributed by atoms with Gasteiger partial charge in [-0.05, 0) is 13.3 Å². The molecule has 0 bridgehead atoms. The summed E-state index contributed by atoms with van der Waals surface area (Å²) in [7, 11) is 0. The van der Waals surface area contributed by atoms with Crippen LogP contribution in [0.15, 0.2) is 29.6 Å². The van der Waals surface area contributed by atoms with Gasteiger partial charge < -0.3 is 5.73 Å². The molecule has 0 radical (unpaired) electrons. The molecule has 1 atom stereocenters. The lowest BCUT2D eigenvalue weighted by Crippen LogP contribution is -2.26. The van der Waals surface area contributed by atoms with Crippen molar-refractivity contribution in [2.45, 2.75) is 25.9 Å². The van der Waals surface area contributed by atoms with Gasteiger partial charge in [-0.15, -0.1) is 23.7 Å². The SMILES string of the molecule is Cc1ccc(-c2nc(CN3CC[C@@H](N)C3)cs2)cc1.Cl. The van der Waals surface area contributed by atoms with Crippen molar-refractivity contribution in [2.75, 3.05) is 13.1 Å². The second kappa shape index (κ2) is 6.68. The summed E-state index contributed by atoms with van der Waals surface area (Å²) in [6, 6.07) is 8.90. The Morgan fingerprint density at radius 1 is 1.35 bits per heavy atom. The number of thiazole rings is 1. The number of nitrogens with two attached hydrogens (primary N) is 1. The van der Waals surface area contributed by atoms with Crippen LogP contribution in [-0.4, -0.2) is 29.0 Å². The molecule has 108 valence electrons. The van der Waals surface area contributed by atoms with Crippen molar-refractivity contribution in [1.82, 2.24) is 9.88 Å². The summed E-state index contributed by atoms with van der Waals surface area (Å²) in [5, 5.41) is 3.28. The number of hydrogen-bond donors (Lipinski definition) is 1. The summed E-state index contributed by atoms with van der Waals surface area (Å²) >= 11 is 1.72. The first kappa shape index (κ1) is 15.4. The predicted octanol–water partition coefficient (Wildman–Crippen LogP) is 3.07. The average Bonchev–Trinajstić information content (AvgIpc) is 3.00. The standard InChI is InChI=1S/C15H19N3S.ClH/c1-11-2-4-12(5-3-11)15-17-14(10-19-15)9-18-7-6-13(16)8-18;/h2-5,10,13H,6-9,16H2,1H3;1H/t13-;/m1./s1. The molecule has 3 nitrogen and oxygen atoms in total. The Hall–Kier alpha value is -0.940. The van der Waals surface area contributed by atoms with Crippen molar-refractivity contribution in [3.05, 3.63) is 40.9 Å². The minimum atomic E-state index is 0. The highest BCUT2D eigenvalue weighted by Crippen LogP contribution is 2.25. The molecule has 0 amide bonds. The monoisotopic (exact) mass is 309 g/mol. The van der Waals surface area contributed by atoms with Gasteiger partial charge in [0.25, 0.3) is 0 Å². The zero-order valence-corrected chi connectivity index (χ0v) is 13.2. The second-order valence-electron chi connectivity index (χ2n) is 5.29. The van der Waals surface area contributed by atoms with E-state index in [0.29, 0.717) is 6.04 Å². The van der Waals surface area contributed by atoms with Crippen LogP contribution in [-0.2, 0) is 6.54 Å². The van der Waals surface area contributed by atoms with E-state index in [2.05, 4.69) is 41.5 Å². The highest BCUT2D eigenvalue weighted by atomic mass is 35.5. The van der Waals surface area contributed by atoms with E-state index in [-0.39, 0.29) is 12.4 Å². The first-order valence-corrected chi connectivity index (χ1v) is 7.58. The molecule has 0 saturated carbocycles. The Morgan fingerprint density at radius 3 is 2.75 bits per heavy atom. The Bertz CT molecular complexity index is 553. The molecule has 1 saturated heterocycles. The van der Waals surface area contributed by atoms with Crippen LogP contribution in [0.4, 0.5) is 0 Å². The Balaban J connectivity index is 0.00000147.